The van der Waals surface area contributed by atoms with Crippen LogP contribution in [-0.2, 0) is 4.74 Å². The number of halogens is 2. The predicted octanol–water partition coefficient (Wildman–Crippen LogP) is 2.53. The number of benzene rings is 1. The lowest BCUT2D eigenvalue weighted by atomic mass is 10.0. The zero-order valence-corrected chi connectivity index (χ0v) is 12.5. The third-order valence-corrected chi connectivity index (χ3v) is 4.09. The lowest BCUT2D eigenvalue weighted by Crippen LogP contribution is -2.43. The average Bonchev–Trinajstić information content (AvgIpc) is 2.92. The van der Waals surface area contributed by atoms with Gasteiger partial charge in [-0.3, -0.25) is 4.79 Å². The van der Waals surface area contributed by atoms with Crippen LogP contribution in [0.3, 0.4) is 0 Å². The topological polar surface area (TPSA) is 58.6 Å². The second-order valence-electron chi connectivity index (χ2n) is 5.24. The van der Waals surface area contributed by atoms with Gasteiger partial charge in [0.2, 0.25) is 0 Å². The highest BCUT2D eigenvalue weighted by atomic mass is 35.5. The first kappa shape index (κ1) is 16.2. The molecule has 0 heterocycles. The summed E-state index contributed by atoms with van der Waals surface area (Å²) in [5.74, 6) is -1.19. The number of nitrogens with one attached hydrogen (secondary N) is 1. The van der Waals surface area contributed by atoms with E-state index < -0.39 is 17.3 Å². The van der Waals surface area contributed by atoms with Crippen LogP contribution in [-0.4, -0.2) is 36.4 Å². The van der Waals surface area contributed by atoms with Crippen LogP contribution in [0.1, 0.15) is 36.0 Å². The Morgan fingerprint density at radius 1 is 1.43 bits per heavy atom. The molecule has 1 amide bonds. The molecule has 1 fully saturated rings. The average molecular weight is 316 g/mol. The standard InChI is InChI=1S/C15H19ClFNO3/c16-11-4-3-5-12(17)13(11)14(20)18-10-15(21-9-8-19)6-1-2-7-15/h3-5,19H,1-2,6-10H2,(H,18,20). The molecule has 21 heavy (non-hydrogen) atoms. The maximum absolute atomic E-state index is 13.7. The third-order valence-electron chi connectivity index (χ3n) is 3.78. The van der Waals surface area contributed by atoms with Gasteiger partial charge in [0.05, 0.1) is 29.4 Å². The maximum atomic E-state index is 13.7. The van der Waals surface area contributed by atoms with Crippen molar-refractivity contribution in [3.63, 3.8) is 0 Å². The van der Waals surface area contributed by atoms with Gasteiger partial charge >= 0.3 is 0 Å². The van der Waals surface area contributed by atoms with Crippen LogP contribution in [0.4, 0.5) is 4.39 Å². The molecule has 1 saturated carbocycles. The molecular formula is C15H19ClFNO3. The fourth-order valence-electron chi connectivity index (χ4n) is 2.70. The van der Waals surface area contributed by atoms with Crippen LogP contribution in [0, 0.1) is 5.82 Å². The Labute approximate surface area is 128 Å². The van der Waals surface area contributed by atoms with Gasteiger partial charge in [0.25, 0.3) is 5.91 Å². The Morgan fingerprint density at radius 3 is 2.76 bits per heavy atom. The van der Waals surface area contributed by atoms with Crippen molar-refractivity contribution >= 4 is 17.5 Å². The summed E-state index contributed by atoms with van der Waals surface area (Å²) in [5.41, 5.74) is -0.606. The maximum Gasteiger partial charge on any atom is 0.255 e. The SMILES string of the molecule is O=C(NCC1(OCCO)CCCC1)c1c(F)cccc1Cl. The Kier molecular flexibility index (Phi) is 5.56. The molecule has 0 aliphatic heterocycles. The zero-order chi connectivity index (χ0) is 15.3. The van der Waals surface area contributed by atoms with Crippen LogP contribution in [0.25, 0.3) is 0 Å². The van der Waals surface area contributed by atoms with Gasteiger partial charge in [0.15, 0.2) is 0 Å². The molecule has 116 valence electrons. The minimum atomic E-state index is -0.642. The van der Waals surface area contributed by atoms with E-state index in [-0.39, 0.29) is 30.3 Å². The molecule has 0 radical (unpaired) electrons. The Bertz CT molecular complexity index is 483. The molecule has 0 aromatic heterocycles. The first-order chi connectivity index (χ1) is 10.1. The van der Waals surface area contributed by atoms with Gasteiger partial charge in [-0.05, 0) is 25.0 Å². The number of aliphatic hydroxyl groups is 1. The van der Waals surface area contributed by atoms with Crippen molar-refractivity contribution in [1.82, 2.24) is 5.32 Å². The predicted molar refractivity (Wildman–Crippen MR) is 78.0 cm³/mol. The smallest absolute Gasteiger partial charge is 0.255 e. The molecule has 0 bridgehead atoms. The van der Waals surface area contributed by atoms with E-state index in [0.29, 0.717) is 0 Å². The molecule has 0 unspecified atom stereocenters. The van der Waals surface area contributed by atoms with Gasteiger partial charge in [0, 0.05) is 6.54 Å². The first-order valence-corrected chi connectivity index (χ1v) is 7.43. The number of hydrogen-bond donors (Lipinski definition) is 2. The Morgan fingerprint density at radius 2 is 2.14 bits per heavy atom. The van der Waals surface area contributed by atoms with E-state index in [2.05, 4.69) is 5.32 Å². The number of aliphatic hydroxyl groups excluding tert-OH is 1. The largest absolute Gasteiger partial charge is 0.394 e. The Balaban J connectivity index is 2.02. The number of carbonyl (C=O) groups is 1. The van der Waals surface area contributed by atoms with E-state index in [0.717, 1.165) is 25.7 Å². The summed E-state index contributed by atoms with van der Waals surface area (Å²) >= 11 is 5.87. The van der Waals surface area contributed by atoms with Crippen molar-refractivity contribution in [3.05, 3.63) is 34.6 Å². The van der Waals surface area contributed by atoms with Crippen molar-refractivity contribution in [2.24, 2.45) is 0 Å². The Hall–Kier alpha value is -1.17. The number of ether oxygens (including phenoxy) is 1. The monoisotopic (exact) mass is 315 g/mol. The minimum absolute atomic E-state index is 0.0607. The van der Waals surface area contributed by atoms with Crippen LogP contribution < -0.4 is 5.32 Å². The molecule has 6 heteroatoms. The van der Waals surface area contributed by atoms with Crippen LogP contribution >= 0.6 is 11.6 Å². The first-order valence-electron chi connectivity index (χ1n) is 7.05. The lowest BCUT2D eigenvalue weighted by molar-refractivity contribution is -0.0511. The quantitative estimate of drug-likeness (QED) is 0.848. The number of rotatable bonds is 6. The van der Waals surface area contributed by atoms with Gasteiger partial charge in [-0.2, -0.15) is 0 Å². The molecule has 0 spiro atoms. The van der Waals surface area contributed by atoms with Gasteiger partial charge in [0.1, 0.15) is 5.82 Å². The van der Waals surface area contributed by atoms with Gasteiger partial charge < -0.3 is 15.2 Å². The van der Waals surface area contributed by atoms with Crippen LogP contribution in [0.15, 0.2) is 18.2 Å². The fourth-order valence-corrected chi connectivity index (χ4v) is 2.95. The summed E-state index contributed by atoms with van der Waals surface area (Å²) in [6.07, 6.45) is 3.67. The molecule has 1 aliphatic carbocycles. The number of amides is 1. The summed E-state index contributed by atoms with van der Waals surface area (Å²) in [4.78, 5) is 12.1. The summed E-state index contributed by atoms with van der Waals surface area (Å²) < 4.78 is 19.4. The number of carbonyl (C=O) groups excluding carboxylic acids is 1. The highest BCUT2D eigenvalue weighted by molar-refractivity contribution is 6.33. The normalized spacial score (nSPS) is 16.9. The summed E-state index contributed by atoms with van der Waals surface area (Å²) in [7, 11) is 0. The van der Waals surface area contributed by atoms with E-state index in [1.807, 2.05) is 0 Å². The van der Waals surface area contributed by atoms with Gasteiger partial charge in [-0.15, -0.1) is 0 Å². The van der Waals surface area contributed by atoms with Crippen molar-refractivity contribution in [2.75, 3.05) is 19.8 Å². The lowest BCUT2D eigenvalue weighted by Gasteiger charge is -2.29. The van der Waals surface area contributed by atoms with Crippen molar-refractivity contribution in [3.8, 4) is 0 Å². The molecule has 4 nitrogen and oxygen atoms in total. The second kappa shape index (κ2) is 7.20. The minimum Gasteiger partial charge on any atom is -0.394 e. The van der Waals surface area contributed by atoms with E-state index in [4.69, 9.17) is 21.4 Å². The molecule has 1 aromatic rings. The van der Waals surface area contributed by atoms with E-state index in [1.54, 1.807) is 0 Å². The summed E-state index contributed by atoms with van der Waals surface area (Å²) in [6, 6.07) is 4.14. The highest BCUT2D eigenvalue weighted by Gasteiger charge is 2.35. The zero-order valence-electron chi connectivity index (χ0n) is 11.7. The molecule has 1 aromatic carbocycles. The van der Waals surface area contributed by atoms with Gasteiger partial charge in [-0.1, -0.05) is 30.5 Å². The molecule has 1 aliphatic rings. The van der Waals surface area contributed by atoms with Crippen LogP contribution in [0.5, 0.6) is 0 Å². The van der Waals surface area contributed by atoms with E-state index >= 15 is 0 Å². The molecule has 2 N–H and O–H groups in total. The van der Waals surface area contributed by atoms with Crippen LogP contribution in [0.2, 0.25) is 5.02 Å². The molecule has 0 atom stereocenters. The highest BCUT2D eigenvalue weighted by Crippen LogP contribution is 2.32. The molecule has 0 saturated heterocycles. The molecule has 2 rings (SSSR count). The summed E-state index contributed by atoms with van der Waals surface area (Å²) in [6.45, 7) is 0.460. The van der Waals surface area contributed by atoms with Crippen molar-refractivity contribution < 1.29 is 19.0 Å². The third kappa shape index (κ3) is 3.93. The van der Waals surface area contributed by atoms with Gasteiger partial charge in [-0.25, -0.2) is 4.39 Å². The van der Waals surface area contributed by atoms with Crippen molar-refractivity contribution in [2.45, 2.75) is 31.3 Å². The van der Waals surface area contributed by atoms with Crippen molar-refractivity contribution in [1.29, 1.82) is 0 Å². The number of hydrogen-bond acceptors (Lipinski definition) is 3. The fraction of sp³-hybridized carbons (Fsp3) is 0.533. The second-order valence-corrected chi connectivity index (χ2v) is 5.65. The summed E-state index contributed by atoms with van der Waals surface area (Å²) in [5, 5.41) is 11.7. The van der Waals surface area contributed by atoms with E-state index in [1.165, 1.54) is 18.2 Å². The van der Waals surface area contributed by atoms with E-state index in [9.17, 15) is 9.18 Å². The molecular weight excluding hydrogens is 297 g/mol.